The second kappa shape index (κ2) is 6.41. The molecular formula is C10H14N4O3. The minimum absolute atomic E-state index is 0.00704. The molecule has 0 fully saturated rings. The van der Waals surface area contributed by atoms with Crippen LogP contribution in [0.3, 0.4) is 0 Å². The minimum Gasteiger partial charge on any atom is -0.463 e. The maximum atomic E-state index is 11.1. The predicted molar refractivity (Wildman–Crippen MR) is 60.3 cm³/mol. The van der Waals surface area contributed by atoms with E-state index >= 15 is 0 Å². The van der Waals surface area contributed by atoms with Gasteiger partial charge in [0.1, 0.15) is 5.82 Å². The minimum atomic E-state index is -0.592. The summed E-state index contributed by atoms with van der Waals surface area (Å²) in [5.74, 6) is -0.437. The summed E-state index contributed by atoms with van der Waals surface area (Å²) in [4.78, 5) is 29.4. The highest BCUT2D eigenvalue weighted by Crippen LogP contribution is 2.03. The number of nitrogens with zero attached hydrogens (tertiary/aromatic N) is 2. The van der Waals surface area contributed by atoms with Gasteiger partial charge in [-0.3, -0.25) is 4.79 Å². The monoisotopic (exact) mass is 238 g/mol. The molecule has 7 heteroatoms. The molecule has 0 saturated heterocycles. The molecule has 1 aromatic heterocycles. The fourth-order valence-corrected chi connectivity index (χ4v) is 1.13. The van der Waals surface area contributed by atoms with Gasteiger partial charge in [0, 0.05) is 19.2 Å². The SMILES string of the molecule is COC(=O)c1nccc(NCCCC(N)=O)n1. The van der Waals surface area contributed by atoms with Crippen molar-refractivity contribution in [1.82, 2.24) is 9.97 Å². The third-order valence-electron chi connectivity index (χ3n) is 1.93. The first-order valence-electron chi connectivity index (χ1n) is 5.07. The fraction of sp³-hybridized carbons (Fsp3) is 0.400. The summed E-state index contributed by atoms with van der Waals surface area (Å²) in [5, 5.41) is 2.95. The number of methoxy groups -OCH3 is 1. The smallest absolute Gasteiger partial charge is 0.376 e. The van der Waals surface area contributed by atoms with Gasteiger partial charge in [0.2, 0.25) is 11.7 Å². The number of nitrogens with one attached hydrogen (secondary N) is 1. The van der Waals surface area contributed by atoms with Gasteiger partial charge >= 0.3 is 5.97 Å². The molecule has 92 valence electrons. The fourth-order valence-electron chi connectivity index (χ4n) is 1.13. The second-order valence-corrected chi connectivity index (χ2v) is 3.25. The lowest BCUT2D eigenvalue weighted by Gasteiger charge is -2.05. The molecule has 1 rings (SSSR count). The highest BCUT2D eigenvalue weighted by atomic mass is 16.5. The normalized spacial score (nSPS) is 9.71. The summed E-state index contributed by atoms with van der Waals surface area (Å²) in [6, 6.07) is 1.62. The van der Waals surface area contributed by atoms with Gasteiger partial charge in [-0.25, -0.2) is 14.8 Å². The van der Waals surface area contributed by atoms with Crippen LogP contribution in [0.5, 0.6) is 0 Å². The van der Waals surface area contributed by atoms with E-state index in [9.17, 15) is 9.59 Å². The molecule has 0 aliphatic carbocycles. The molecule has 0 aromatic carbocycles. The topological polar surface area (TPSA) is 107 Å². The third-order valence-corrected chi connectivity index (χ3v) is 1.93. The first-order chi connectivity index (χ1) is 8.13. The number of hydrogen-bond donors (Lipinski definition) is 2. The lowest BCUT2D eigenvalue weighted by molar-refractivity contribution is -0.118. The van der Waals surface area contributed by atoms with Crippen LogP contribution in [0.15, 0.2) is 12.3 Å². The Kier molecular flexibility index (Phi) is 4.86. The average Bonchev–Trinajstić information content (AvgIpc) is 2.34. The van der Waals surface area contributed by atoms with E-state index in [2.05, 4.69) is 20.0 Å². The number of primary amides is 1. The zero-order valence-electron chi connectivity index (χ0n) is 9.47. The van der Waals surface area contributed by atoms with Crippen molar-refractivity contribution < 1.29 is 14.3 Å². The summed E-state index contributed by atoms with van der Waals surface area (Å²) in [6.45, 7) is 0.542. The van der Waals surface area contributed by atoms with Gasteiger partial charge in [-0.1, -0.05) is 0 Å². The highest BCUT2D eigenvalue weighted by molar-refractivity contribution is 5.85. The molecule has 1 amide bonds. The molecule has 0 aliphatic rings. The van der Waals surface area contributed by atoms with E-state index in [1.54, 1.807) is 6.07 Å². The second-order valence-electron chi connectivity index (χ2n) is 3.25. The molecule has 7 nitrogen and oxygen atoms in total. The van der Waals surface area contributed by atoms with Gasteiger partial charge in [-0.15, -0.1) is 0 Å². The number of rotatable bonds is 6. The number of amides is 1. The molecule has 3 N–H and O–H groups in total. The molecule has 0 aliphatic heterocycles. The van der Waals surface area contributed by atoms with Crippen LogP contribution in [-0.4, -0.2) is 35.5 Å². The molecule has 0 unspecified atom stereocenters. The first kappa shape index (κ1) is 12.9. The van der Waals surface area contributed by atoms with Crippen molar-refractivity contribution in [3.05, 3.63) is 18.1 Å². The van der Waals surface area contributed by atoms with Gasteiger partial charge in [-0.2, -0.15) is 0 Å². The maximum absolute atomic E-state index is 11.1. The van der Waals surface area contributed by atoms with Crippen molar-refractivity contribution >= 4 is 17.7 Å². The Morgan fingerprint density at radius 3 is 2.94 bits per heavy atom. The lowest BCUT2D eigenvalue weighted by Crippen LogP contribution is -2.14. The molecule has 0 atom stereocenters. The van der Waals surface area contributed by atoms with Crippen LogP contribution >= 0.6 is 0 Å². The van der Waals surface area contributed by atoms with Crippen molar-refractivity contribution in [2.75, 3.05) is 19.0 Å². The van der Waals surface area contributed by atoms with E-state index in [4.69, 9.17) is 5.73 Å². The molecule has 0 radical (unpaired) electrons. The Morgan fingerprint density at radius 2 is 2.29 bits per heavy atom. The maximum Gasteiger partial charge on any atom is 0.376 e. The van der Waals surface area contributed by atoms with Gasteiger partial charge in [-0.05, 0) is 12.5 Å². The van der Waals surface area contributed by atoms with Crippen molar-refractivity contribution in [2.45, 2.75) is 12.8 Å². The Morgan fingerprint density at radius 1 is 1.53 bits per heavy atom. The van der Waals surface area contributed by atoms with E-state index in [-0.39, 0.29) is 11.7 Å². The van der Waals surface area contributed by atoms with Crippen LogP contribution in [0.2, 0.25) is 0 Å². The Labute approximate surface area is 98.4 Å². The first-order valence-corrected chi connectivity index (χ1v) is 5.07. The number of aromatic nitrogens is 2. The van der Waals surface area contributed by atoms with Gasteiger partial charge in [0.25, 0.3) is 0 Å². The molecule has 0 saturated carbocycles. The van der Waals surface area contributed by atoms with Crippen LogP contribution in [0.4, 0.5) is 5.82 Å². The number of carbonyl (C=O) groups is 2. The highest BCUT2D eigenvalue weighted by Gasteiger charge is 2.08. The van der Waals surface area contributed by atoms with Crippen molar-refractivity contribution in [1.29, 1.82) is 0 Å². The largest absolute Gasteiger partial charge is 0.463 e. The molecule has 1 aromatic rings. The van der Waals surface area contributed by atoms with Gasteiger partial charge in [0.15, 0.2) is 0 Å². The Hall–Kier alpha value is -2.18. The van der Waals surface area contributed by atoms with Gasteiger partial charge < -0.3 is 15.8 Å². The Bertz CT molecular complexity index is 408. The van der Waals surface area contributed by atoms with Crippen LogP contribution in [0.25, 0.3) is 0 Å². The molecule has 17 heavy (non-hydrogen) atoms. The van der Waals surface area contributed by atoms with Crippen LogP contribution in [0, 0.1) is 0 Å². The van der Waals surface area contributed by atoms with E-state index in [1.165, 1.54) is 13.3 Å². The average molecular weight is 238 g/mol. The Balaban J connectivity index is 2.48. The number of esters is 1. The molecule has 0 spiro atoms. The van der Waals surface area contributed by atoms with Crippen LogP contribution in [-0.2, 0) is 9.53 Å². The summed E-state index contributed by atoms with van der Waals surface area (Å²) in [7, 11) is 1.26. The molecule has 1 heterocycles. The summed E-state index contributed by atoms with van der Waals surface area (Å²) in [5.41, 5.74) is 5.00. The quantitative estimate of drug-likeness (QED) is 0.531. The van der Waals surface area contributed by atoms with Gasteiger partial charge in [0.05, 0.1) is 7.11 Å². The predicted octanol–water partition coefficient (Wildman–Crippen LogP) is -0.0594. The van der Waals surface area contributed by atoms with E-state index < -0.39 is 5.97 Å². The summed E-state index contributed by atoms with van der Waals surface area (Å²) < 4.78 is 4.50. The lowest BCUT2D eigenvalue weighted by atomic mass is 10.3. The van der Waals surface area contributed by atoms with Crippen molar-refractivity contribution in [2.24, 2.45) is 5.73 Å². The van der Waals surface area contributed by atoms with Crippen LogP contribution < -0.4 is 11.1 Å². The molecular weight excluding hydrogens is 224 g/mol. The third kappa shape index (κ3) is 4.45. The summed E-state index contributed by atoms with van der Waals surface area (Å²) >= 11 is 0. The van der Waals surface area contributed by atoms with Crippen molar-refractivity contribution in [3.8, 4) is 0 Å². The van der Waals surface area contributed by atoms with Crippen molar-refractivity contribution in [3.63, 3.8) is 0 Å². The number of anilines is 1. The number of ether oxygens (including phenoxy) is 1. The standard InChI is InChI=1S/C10H14N4O3/c1-17-10(16)9-13-6-4-8(14-9)12-5-2-3-7(11)15/h4,6H,2-3,5H2,1H3,(H2,11,15)(H,12,13,14). The number of carbonyl (C=O) groups excluding carboxylic acids is 2. The molecule has 0 bridgehead atoms. The number of hydrogen-bond acceptors (Lipinski definition) is 6. The summed E-state index contributed by atoms with van der Waals surface area (Å²) in [6.07, 6.45) is 2.37. The zero-order valence-corrected chi connectivity index (χ0v) is 9.47. The van der Waals surface area contributed by atoms with E-state index in [1.807, 2.05) is 0 Å². The van der Waals surface area contributed by atoms with E-state index in [0.717, 1.165) is 0 Å². The van der Waals surface area contributed by atoms with Crippen LogP contribution in [0.1, 0.15) is 23.5 Å². The van der Waals surface area contributed by atoms with E-state index in [0.29, 0.717) is 25.2 Å². The zero-order chi connectivity index (χ0) is 12.7. The number of nitrogens with two attached hydrogens (primary N) is 1.